The molecule has 0 radical (unpaired) electrons. The molecular weight excluding hydrogens is 322 g/mol. The van der Waals surface area contributed by atoms with E-state index in [0.717, 1.165) is 48.8 Å². The van der Waals surface area contributed by atoms with Gasteiger partial charge in [-0.05, 0) is 30.7 Å². The Kier molecular flexibility index (Phi) is 4.48. The number of piperazine rings is 1. The summed E-state index contributed by atoms with van der Waals surface area (Å²) in [7, 11) is 0. The third kappa shape index (κ3) is 3.23. The number of ketones is 1. The molecule has 26 heavy (non-hydrogen) atoms. The van der Waals surface area contributed by atoms with E-state index in [2.05, 4.69) is 51.2 Å². The van der Waals surface area contributed by atoms with Gasteiger partial charge in [0.25, 0.3) is 0 Å². The highest BCUT2D eigenvalue weighted by atomic mass is 16.1. The molecule has 4 heteroatoms. The molecule has 0 saturated carbocycles. The van der Waals surface area contributed by atoms with Crippen LogP contribution >= 0.6 is 0 Å². The minimum absolute atomic E-state index is 0.101. The number of nitrogens with one attached hydrogen (secondary N) is 1. The van der Waals surface area contributed by atoms with Gasteiger partial charge in [-0.15, -0.1) is 0 Å². The number of hydrogen-bond acceptors (Lipinski definition) is 3. The van der Waals surface area contributed by atoms with Crippen LogP contribution in [-0.4, -0.2) is 36.9 Å². The molecule has 1 aromatic heterocycles. The smallest absolute Gasteiger partial charge is 0.163 e. The molecule has 1 N–H and O–H groups in total. The van der Waals surface area contributed by atoms with Crippen LogP contribution in [0.3, 0.4) is 0 Å². The maximum Gasteiger partial charge on any atom is 0.163 e. The minimum atomic E-state index is 0.101. The third-order valence-corrected chi connectivity index (χ3v) is 4.98. The fourth-order valence-corrected chi connectivity index (χ4v) is 3.56. The van der Waals surface area contributed by atoms with Crippen molar-refractivity contribution in [2.45, 2.75) is 6.92 Å². The number of nitrogens with zero attached hydrogens (tertiary/aromatic N) is 2. The second-order valence-corrected chi connectivity index (χ2v) is 6.68. The first-order valence-corrected chi connectivity index (χ1v) is 9.06. The predicted octanol–water partition coefficient (Wildman–Crippen LogP) is 4.21. The SMILES string of the molecule is CC(=O)c1cc(-c2ccccc2)[nH]c1N1CCN(c2ccccc2)CC1. The molecule has 0 spiro atoms. The van der Waals surface area contributed by atoms with Gasteiger partial charge in [0.05, 0.1) is 5.56 Å². The third-order valence-electron chi connectivity index (χ3n) is 4.98. The molecule has 0 aliphatic carbocycles. The van der Waals surface area contributed by atoms with Crippen molar-refractivity contribution in [3.05, 3.63) is 72.3 Å². The molecule has 2 heterocycles. The first-order chi connectivity index (χ1) is 12.7. The molecule has 0 bridgehead atoms. The molecular formula is C22H23N3O. The Hall–Kier alpha value is -3.01. The number of para-hydroxylation sites is 1. The van der Waals surface area contributed by atoms with Crippen molar-refractivity contribution < 1.29 is 4.79 Å². The van der Waals surface area contributed by atoms with E-state index in [4.69, 9.17) is 0 Å². The topological polar surface area (TPSA) is 39.3 Å². The number of hydrogen-bond donors (Lipinski definition) is 1. The van der Waals surface area contributed by atoms with Crippen LogP contribution in [0.1, 0.15) is 17.3 Å². The normalized spacial score (nSPS) is 14.5. The lowest BCUT2D eigenvalue weighted by Crippen LogP contribution is -2.47. The number of benzene rings is 2. The van der Waals surface area contributed by atoms with Gasteiger partial charge in [-0.2, -0.15) is 0 Å². The number of aromatic nitrogens is 1. The van der Waals surface area contributed by atoms with Crippen molar-refractivity contribution in [2.24, 2.45) is 0 Å². The summed E-state index contributed by atoms with van der Waals surface area (Å²) in [4.78, 5) is 20.4. The van der Waals surface area contributed by atoms with Gasteiger partial charge >= 0.3 is 0 Å². The summed E-state index contributed by atoms with van der Waals surface area (Å²) in [6.45, 7) is 5.32. The summed E-state index contributed by atoms with van der Waals surface area (Å²) in [5, 5.41) is 0. The van der Waals surface area contributed by atoms with E-state index in [1.165, 1.54) is 5.69 Å². The summed E-state index contributed by atoms with van der Waals surface area (Å²) in [5.41, 5.74) is 4.13. The van der Waals surface area contributed by atoms with Crippen LogP contribution in [0.5, 0.6) is 0 Å². The number of rotatable bonds is 4. The average molecular weight is 345 g/mol. The molecule has 4 nitrogen and oxygen atoms in total. The molecule has 1 aliphatic rings. The molecule has 132 valence electrons. The van der Waals surface area contributed by atoms with E-state index in [1.807, 2.05) is 30.3 Å². The zero-order valence-electron chi connectivity index (χ0n) is 15.0. The Morgan fingerprint density at radius 2 is 1.42 bits per heavy atom. The van der Waals surface area contributed by atoms with E-state index in [9.17, 15) is 4.79 Å². The molecule has 1 aliphatic heterocycles. The largest absolute Gasteiger partial charge is 0.368 e. The van der Waals surface area contributed by atoms with Crippen molar-refractivity contribution in [3.8, 4) is 11.3 Å². The van der Waals surface area contributed by atoms with Gasteiger partial charge in [-0.3, -0.25) is 4.79 Å². The highest BCUT2D eigenvalue weighted by molar-refractivity contribution is 6.00. The van der Waals surface area contributed by atoms with Crippen LogP contribution < -0.4 is 9.80 Å². The van der Waals surface area contributed by atoms with Gasteiger partial charge in [0, 0.05) is 37.6 Å². The zero-order chi connectivity index (χ0) is 17.9. The first kappa shape index (κ1) is 16.5. The van der Waals surface area contributed by atoms with Gasteiger partial charge < -0.3 is 14.8 Å². The Bertz CT molecular complexity index is 878. The maximum absolute atomic E-state index is 12.2. The van der Waals surface area contributed by atoms with Crippen LogP contribution in [0.25, 0.3) is 11.3 Å². The van der Waals surface area contributed by atoms with E-state index in [-0.39, 0.29) is 5.78 Å². The number of carbonyl (C=O) groups is 1. The lowest BCUT2D eigenvalue weighted by molar-refractivity contribution is 0.101. The quantitative estimate of drug-likeness (QED) is 0.720. The first-order valence-electron chi connectivity index (χ1n) is 9.06. The highest BCUT2D eigenvalue weighted by Gasteiger charge is 2.23. The Balaban J connectivity index is 1.56. The van der Waals surface area contributed by atoms with Gasteiger partial charge in [0.15, 0.2) is 5.78 Å². The number of aromatic amines is 1. The molecule has 3 aromatic rings. The van der Waals surface area contributed by atoms with E-state index in [1.54, 1.807) is 6.92 Å². The van der Waals surface area contributed by atoms with Crippen molar-refractivity contribution in [1.29, 1.82) is 0 Å². The molecule has 0 atom stereocenters. The van der Waals surface area contributed by atoms with E-state index >= 15 is 0 Å². The summed E-state index contributed by atoms with van der Waals surface area (Å²) >= 11 is 0. The molecule has 0 unspecified atom stereocenters. The predicted molar refractivity (Wildman–Crippen MR) is 107 cm³/mol. The van der Waals surface area contributed by atoms with Crippen molar-refractivity contribution in [1.82, 2.24) is 4.98 Å². The van der Waals surface area contributed by atoms with Gasteiger partial charge in [-0.25, -0.2) is 0 Å². The number of anilines is 2. The number of carbonyl (C=O) groups excluding carboxylic acids is 1. The Labute approximate surface area is 154 Å². The number of Topliss-reactive ketones (excluding diaryl/α,β-unsaturated/α-hetero) is 1. The van der Waals surface area contributed by atoms with Crippen LogP contribution in [-0.2, 0) is 0 Å². The summed E-state index contributed by atoms with van der Waals surface area (Å²) in [6.07, 6.45) is 0. The zero-order valence-corrected chi connectivity index (χ0v) is 15.0. The van der Waals surface area contributed by atoms with Gasteiger partial charge in [0.1, 0.15) is 5.82 Å². The molecule has 1 saturated heterocycles. The molecule has 4 rings (SSSR count). The summed E-state index contributed by atoms with van der Waals surface area (Å²) in [5.74, 6) is 1.05. The number of H-pyrrole nitrogens is 1. The molecule has 1 fully saturated rings. The van der Waals surface area contributed by atoms with Gasteiger partial charge in [0.2, 0.25) is 0 Å². The van der Waals surface area contributed by atoms with Crippen LogP contribution in [0.15, 0.2) is 66.7 Å². The minimum Gasteiger partial charge on any atom is -0.368 e. The second kappa shape index (κ2) is 7.08. The fourth-order valence-electron chi connectivity index (χ4n) is 3.56. The lowest BCUT2D eigenvalue weighted by Gasteiger charge is -2.37. The summed E-state index contributed by atoms with van der Waals surface area (Å²) in [6, 6.07) is 22.6. The van der Waals surface area contributed by atoms with Crippen LogP contribution in [0.2, 0.25) is 0 Å². The van der Waals surface area contributed by atoms with Crippen LogP contribution in [0, 0.1) is 0 Å². The Morgan fingerprint density at radius 1 is 0.846 bits per heavy atom. The van der Waals surface area contributed by atoms with E-state index < -0.39 is 0 Å². The van der Waals surface area contributed by atoms with Gasteiger partial charge in [-0.1, -0.05) is 48.5 Å². The van der Waals surface area contributed by atoms with Crippen LogP contribution in [0.4, 0.5) is 11.5 Å². The lowest BCUT2D eigenvalue weighted by atomic mass is 10.1. The second-order valence-electron chi connectivity index (χ2n) is 6.68. The monoisotopic (exact) mass is 345 g/mol. The highest BCUT2D eigenvalue weighted by Crippen LogP contribution is 2.29. The fraction of sp³-hybridized carbons (Fsp3) is 0.227. The average Bonchev–Trinajstić information content (AvgIpc) is 3.15. The maximum atomic E-state index is 12.2. The molecule has 2 aromatic carbocycles. The van der Waals surface area contributed by atoms with Crippen molar-refractivity contribution in [3.63, 3.8) is 0 Å². The standard InChI is InChI=1S/C22H23N3O/c1-17(26)20-16-21(18-8-4-2-5-9-18)23-22(20)25-14-12-24(13-15-25)19-10-6-3-7-11-19/h2-11,16,23H,12-15H2,1H3. The Morgan fingerprint density at radius 3 is 2.04 bits per heavy atom. The van der Waals surface area contributed by atoms with E-state index in [0.29, 0.717) is 0 Å². The van der Waals surface area contributed by atoms with Crippen molar-refractivity contribution in [2.75, 3.05) is 36.0 Å². The molecule has 0 amide bonds. The summed E-state index contributed by atoms with van der Waals surface area (Å²) < 4.78 is 0. The van der Waals surface area contributed by atoms with Crippen molar-refractivity contribution >= 4 is 17.3 Å².